The van der Waals surface area contributed by atoms with E-state index in [0.29, 0.717) is 27.5 Å². The normalized spacial score (nSPS) is 12.3. The Labute approximate surface area is 127 Å². The van der Waals surface area contributed by atoms with E-state index in [9.17, 15) is 5.11 Å². The van der Waals surface area contributed by atoms with Gasteiger partial charge in [-0.2, -0.15) is 10.2 Å². The zero-order valence-electron chi connectivity index (χ0n) is 11.3. The number of methoxy groups -OCH3 is 1. The summed E-state index contributed by atoms with van der Waals surface area (Å²) >= 11 is 6.38. The molecule has 2 aromatic carbocycles. The topological polar surface area (TPSA) is 55.2 Å². The lowest BCUT2D eigenvalue weighted by Crippen LogP contribution is -2.07. The molecule has 1 N–H and O–H groups in total. The maximum atomic E-state index is 10.6. The van der Waals surface area contributed by atoms with Crippen LogP contribution >= 0.6 is 11.6 Å². The minimum atomic E-state index is -0.995. The number of nitrogens with zero attached hydrogens (tertiary/aromatic N) is 2. The molecule has 1 unspecified atom stereocenters. The number of fused-ring (bicyclic) bond motifs is 1. The Morgan fingerprint density at radius 1 is 1.05 bits per heavy atom. The van der Waals surface area contributed by atoms with E-state index in [1.165, 1.54) is 0 Å². The zero-order valence-corrected chi connectivity index (χ0v) is 12.1. The van der Waals surface area contributed by atoms with Crippen LogP contribution in [0.1, 0.15) is 17.4 Å². The molecule has 0 aliphatic rings. The summed E-state index contributed by atoms with van der Waals surface area (Å²) in [4.78, 5) is 0. The van der Waals surface area contributed by atoms with E-state index in [4.69, 9.17) is 16.3 Å². The van der Waals surface area contributed by atoms with Gasteiger partial charge in [-0.15, -0.1) is 0 Å². The molecule has 0 aliphatic heterocycles. The van der Waals surface area contributed by atoms with Crippen molar-refractivity contribution in [2.75, 3.05) is 7.11 Å². The number of hydrogen-bond acceptors (Lipinski definition) is 4. The van der Waals surface area contributed by atoms with Gasteiger partial charge in [0.15, 0.2) is 0 Å². The maximum absolute atomic E-state index is 10.6. The molecule has 1 heterocycles. The highest BCUT2D eigenvalue weighted by Crippen LogP contribution is 2.34. The zero-order chi connectivity index (χ0) is 14.8. The molecule has 1 atom stereocenters. The molecule has 0 spiro atoms. The van der Waals surface area contributed by atoms with Crippen LogP contribution in [0, 0.1) is 0 Å². The average molecular weight is 301 g/mol. The van der Waals surface area contributed by atoms with Crippen molar-refractivity contribution in [2.45, 2.75) is 6.10 Å². The molecule has 1 aromatic heterocycles. The quantitative estimate of drug-likeness (QED) is 0.805. The minimum Gasteiger partial charge on any atom is -0.496 e. The molecule has 0 saturated heterocycles. The Balaban J connectivity index is 2.13. The van der Waals surface area contributed by atoms with Crippen LogP contribution in [-0.4, -0.2) is 22.4 Å². The van der Waals surface area contributed by atoms with Crippen LogP contribution in [0.3, 0.4) is 0 Å². The highest BCUT2D eigenvalue weighted by Gasteiger charge is 2.21. The summed E-state index contributed by atoms with van der Waals surface area (Å²) < 4.78 is 5.26. The molecule has 0 saturated carbocycles. The molecule has 3 rings (SSSR count). The third-order valence-electron chi connectivity index (χ3n) is 3.32. The molecular formula is C16H13ClN2O2. The lowest BCUT2D eigenvalue weighted by molar-refractivity contribution is 0.209. The molecular weight excluding hydrogens is 288 g/mol. The van der Waals surface area contributed by atoms with Crippen molar-refractivity contribution in [3.05, 3.63) is 64.8 Å². The van der Waals surface area contributed by atoms with Gasteiger partial charge in [0.05, 0.1) is 17.6 Å². The summed E-state index contributed by atoms with van der Waals surface area (Å²) in [5.41, 5.74) is 1.62. The van der Waals surface area contributed by atoms with E-state index in [1.807, 2.05) is 36.4 Å². The van der Waals surface area contributed by atoms with Crippen LogP contribution in [-0.2, 0) is 0 Å². The fourth-order valence-electron chi connectivity index (χ4n) is 2.25. The molecule has 0 bridgehead atoms. The first-order valence-corrected chi connectivity index (χ1v) is 6.82. The highest BCUT2D eigenvalue weighted by atomic mass is 35.5. The first kappa shape index (κ1) is 13.8. The summed E-state index contributed by atoms with van der Waals surface area (Å²) in [6, 6.07) is 14.6. The van der Waals surface area contributed by atoms with Gasteiger partial charge >= 0.3 is 0 Å². The highest BCUT2D eigenvalue weighted by molar-refractivity contribution is 6.35. The Morgan fingerprint density at radius 3 is 2.57 bits per heavy atom. The molecule has 5 heteroatoms. The molecule has 106 valence electrons. The van der Waals surface area contributed by atoms with Crippen LogP contribution in [0.2, 0.25) is 5.02 Å². The number of hydrogen-bond donors (Lipinski definition) is 1. The summed E-state index contributed by atoms with van der Waals surface area (Å²) in [6.45, 7) is 0. The van der Waals surface area contributed by atoms with Gasteiger partial charge in [-0.1, -0.05) is 48.0 Å². The van der Waals surface area contributed by atoms with Gasteiger partial charge in [0.25, 0.3) is 0 Å². The van der Waals surface area contributed by atoms with Crippen molar-refractivity contribution in [1.82, 2.24) is 10.2 Å². The maximum Gasteiger partial charge on any atom is 0.128 e. The van der Waals surface area contributed by atoms with Crippen molar-refractivity contribution < 1.29 is 9.84 Å². The summed E-state index contributed by atoms with van der Waals surface area (Å²) in [5.74, 6) is 0.580. The molecule has 0 radical (unpaired) electrons. The smallest absolute Gasteiger partial charge is 0.128 e. The Kier molecular flexibility index (Phi) is 3.73. The van der Waals surface area contributed by atoms with Crippen molar-refractivity contribution in [3.63, 3.8) is 0 Å². The second kappa shape index (κ2) is 5.68. The van der Waals surface area contributed by atoms with E-state index in [1.54, 1.807) is 19.2 Å². The number of aliphatic hydroxyl groups excluding tert-OH is 1. The number of benzene rings is 2. The van der Waals surface area contributed by atoms with Crippen LogP contribution in [0.4, 0.5) is 0 Å². The van der Waals surface area contributed by atoms with Gasteiger partial charge < -0.3 is 9.84 Å². The van der Waals surface area contributed by atoms with Gasteiger partial charge in [0, 0.05) is 10.9 Å². The van der Waals surface area contributed by atoms with Gasteiger partial charge in [-0.05, 0) is 12.1 Å². The van der Waals surface area contributed by atoms with Crippen LogP contribution in [0.25, 0.3) is 10.9 Å². The van der Waals surface area contributed by atoms with E-state index in [-0.39, 0.29) is 0 Å². The fraction of sp³-hybridized carbons (Fsp3) is 0.125. The summed E-state index contributed by atoms with van der Waals surface area (Å²) in [5, 5.41) is 19.9. The van der Waals surface area contributed by atoms with Gasteiger partial charge in [0.2, 0.25) is 0 Å². The molecule has 0 fully saturated rings. The fourth-order valence-corrected chi connectivity index (χ4v) is 2.55. The predicted molar refractivity (Wildman–Crippen MR) is 81.6 cm³/mol. The Morgan fingerprint density at radius 2 is 1.76 bits per heavy atom. The summed E-state index contributed by atoms with van der Waals surface area (Å²) in [6.07, 6.45) is -0.995. The van der Waals surface area contributed by atoms with Crippen LogP contribution < -0.4 is 4.74 Å². The standard InChI is InChI=1S/C16H13ClN2O2/c1-21-13-9-5-3-7-11(13)16(20)15-14(17)10-6-2-4-8-12(10)18-19-15/h2-9,16,20H,1H3. The summed E-state index contributed by atoms with van der Waals surface area (Å²) in [7, 11) is 1.55. The van der Waals surface area contributed by atoms with Crippen molar-refractivity contribution in [3.8, 4) is 5.75 Å². The predicted octanol–water partition coefficient (Wildman–Crippen LogP) is 3.37. The van der Waals surface area contributed by atoms with E-state index in [2.05, 4.69) is 10.2 Å². The van der Waals surface area contributed by atoms with E-state index < -0.39 is 6.10 Å². The molecule has 0 amide bonds. The first-order chi connectivity index (χ1) is 10.2. The molecule has 4 nitrogen and oxygen atoms in total. The van der Waals surface area contributed by atoms with E-state index in [0.717, 1.165) is 5.39 Å². The molecule has 3 aromatic rings. The third kappa shape index (κ3) is 2.44. The van der Waals surface area contributed by atoms with E-state index >= 15 is 0 Å². The van der Waals surface area contributed by atoms with Crippen molar-refractivity contribution >= 4 is 22.5 Å². The second-order valence-electron chi connectivity index (χ2n) is 4.56. The number of aliphatic hydroxyl groups is 1. The van der Waals surface area contributed by atoms with Crippen LogP contribution in [0.15, 0.2) is 48.5 Å². The number of halogens is 1. The second-order valence-corrected chi connectivity index (χ2v) is 4.94. The lowest BCUT2D eigenvalue weighted by atomic mass is 10.0. The largest absolute Gasteiger partial charge is 0.496 e. The minimum absolute atomic E-state index is 0.319. The molecule has 21 heavy (non-hydrogen) atoms. The van der Waals surface area contributed by atoms with Gasteiger partial charge in [-0.25, -0.2) is 0 Å². The number of ether oxygens (including phenoxy) is 1. The first-order valence-electron chi connectivity index (χ1n) is 6.44. The number of rotatable bonds is 3. The monoisotopic (exact) mass is 300 g/mol. The Hall–Kier alpha value is -2.17. The van der Waals surface area contributed by atoms with Gasteiger partial charge in [-0.3, -0.25) is 0 Å². The Bertz CT molecular complexity index is 792. The molecule has 0 aliphatic carbocycles. The lowest BCUT2D eigenvalue weighted by Gasteiger charge is -2.15. The average Bonchev–Trinajstić information content (AvgIpc) is 2.55. The van der Waals surface area contributed by atoms with Crippen molar-refractivity contribution in [1.29, 1.82) is 0 Å². The van der Waals surface area contributed by atoms with Crippen molar-refractivity contribution in [2.24, 2.45) is 0 Å². The third-order valence-corrected chi connectivity index (χ3v) is 3.72. The SMILES string of the molecule is COc1ccccc1C(O)c1nnc2ccccc2c1Cl. The van der Waals surface area contributed by atoms with Crippen LogP contribution in [0.5, 0.6) is 5.75 Å². The number of aromatic nitrogens is 2. The van der Waals surface area contributed by atoms with Gasteiger partial charge in [0.1, 0.15) is 17.5 Å². The number of para-hydroxylation sites is 1.